The fraction of sp³-hybridized carbons (Fsp3) is 0. The Kier molecular flexibility index (Phi) is 2.47. The summed E-state index contributed by atoms with van der Waals surface area (Å²) in [6.45, 7) is 0. The number of rotatable bonds is 3. The van der Waals surface area contributed by atoms with E-state index in [1.165, 1.54) is 24.4 Å². The summed E-state index contributed by atoms with van der Waals surface area (Å²) in [4.78, 5) is 24.1. The minimum absolute atomic E-state index is 0.0402. The van der Waals surface area contributed by atoms with Gasteiger partial charge < -0.3 is 4.42 Å². The van der Waals surface area contributed by atoms with Crippen molar-refractivity contribution in [1.29, 1.82) is 0 Å². The van der Waals surface area contributed by atoms with E-state index in [0.717, 1.165) is 0 Å². The number of hydrogen-bond acceptors (Lipinski definition) is 5. The van der Waals surface area contributed by atoms with Gasteiger partial charge in [-0.2, -0.15) is 0 Å². The van der Waals surface area contributed by atoms with E-state index in [1.807, 2.05) is 0 Å². The smallest absolute Gasteiger partial charge is 0.270 e. The molecule has 6 heteroatoms. The van der Waals surface area contributed by atoms with E-state index in [4.69, 9.17) is 4.42 Å². The molecule has 0 spiro atoms. The lowest BCUT2D eigenvalue weighted by molar-refractivity contribution is -0.384. The summed E-state index contributed by atoms with van der Waals surface area (Å²) in [5.74, 6) is 0.271. The molecule has 1 aromatic carbocycles. The molecule has 80 valence electrons. The first-order chi connectivity index (χ1) is 7.70. The third kappa shape index (κ3) is 1.81. The molecular weight excluding hydrogens is 212 g/mol. The molecule has 1 heterocycles. The monoisotopic (exact) mass is 218 g/mol. The number of oxazole rings is 1. The van der Waals surface area contributed by atoms with Crippen molar-refractivity contribution in [1.82, 2.24) is 4.98 Å². The van der Waals surface area contributed by atoms with Crippen molar-refractivity contribution in [3.05, 3.63) is 46.5 Å². The number of nitro benzene ring substituents is 1. The van der Waals surface area contributed by atoms with E-state index in [1.54, 1.807) is 6.07 Å². The van der Waals surface area contributed by atoms with Crippen LogP contribution in [0.15, 0.2) is 34.9 Å². The summed E-state index contributed by atoms with van der Waals surface area (Å²) in [5, 5.41) is 10.5. The van der Waals surface area contributed by atoms with Gasteiger partial charge in [0, 0.05) is 17.7 Å². The van der Waals surface area contributed by atoms with Gasteiger partial charge in [0.15, 0.2) is 5.76 Å². The maximum Gasteiger partial charge on any atom is 0.270 e. The lowest BCUT2D eigenvalue weighted by atomic mass is 10.2. The van der Waals surface area contributed by atoms with Crippen molar-refractivity contribution in [2.75, 3.05) is 0 Å². The van der Waals surface area contributed by atoms with Crippen LogP contribution in [0, 0.1) is 10.1 Å². The standard InChI is InChI=1S/C10H6N2O4/c13-6-10-11-5-9(16-10)7-2-1-3-8(4-7)12(14)15/h1-6H. The van der Waals surface area contributed by atoms with Gasteiger partial charge >= 0.3 is 0 Å². The Balaban J connectivity index is 2.43. The maximum absolute atomic E-state index is 10.5. The summed E-state index contributed by atoms with van der Waals surface area (Å²) >= 11 is 0. The molecule has 6 nitrogen and oxygen atoms in total. The molecule has 0 atom stereocenters. The molecule has 0 N–H and O–H groups in total. The van der Waals surface area contributed by atoms with E-state index in [2.05, 4.69) is 4.98 Å². The Morgan fingerprint density at radius 1 is 1.44 bits per heavy atom. The minimum atomic E-state index is -0.500. The number of hydrogen-bond donors (Lipinski definition) is 0. The number of benzene rings is 1. The van der Waals surface area contributed by atoms with Gasteiger partial charge in [0.25, 0.3) is 11.6 Å². The summed E-state index contributed by atoms with van der Waals surface area (Å²) in [6.07, 6.45) is 1.82. The molecule has 0 aliphatic carbocycles. The van der Waals surface area contributed by atoms with Crippen LogP contribution in [0.3, 0.4) is 0 Å². The molecule has 0 saturated carbocycles. The Bertz CT molecular complexity index is 547. The summed E-state index contributed by atoms with van der Waals surface area (Å²) in [6, 6.07) is 5.91. The van der Waals surface area contributed by atoms with Crippen molar-refractivity contribution < 1.29 is 14.1 Å². The molecule has 0 aliphatic heterocycles. The van der Waals surface area contributed by atoms with E-state index < -0.39 is 4.92 Å². The highest BCUT2D eigenvalue weighted by molar-refractivity contribution is 5.69. The molecule has 16 heavy (non-hydrogen) atoms. The lowest BCUT2D eigenvalue weighted by Gasteiger charge is -1.95. The highest BCUT2D eigenvalue weighted by Crippen LogP contribution is 2.23. The topological polar surface area (TPSA) is 86.2 Å². The zero-order valence-electron chi connectivity index (χ0n) is 7.99. The zero-order valence-corrected chi connectivity index (χ0v) is 7.99. The number of nitro groups is 1. The van der Waals surface area contributed by atoms with Crippen molar-refractivity contribution in [2.24, 2.45) is 0 Å². The van der Waals surface area contributed by atoms with Crippen LogP contribution in [-0.4, -0.2) is 16.2 Å². The molecule has 1 aromatic heterocycles. The van der Waals surface area contributed by atoms with Crippen molar-refractivity contribution in [3.8, 4) is 11.3 Å². The Hall–Kier alpha value is -2.50. The van der Waals surface area contributed by atoms with E-state index >= 15 is 0 Å². The van der Waals surface area contributed by atoms with Gasteiger partial charge in [-0.05, 0) is 0 Å². The predicted octanol–water partition coefficient (Wildman–Crippen LogP) is 2.06. The second kappa shape index (κ2) is 3.93. The van der Waals surface area contributed by atoms with Gasteiger partial charge in [-0.15, -0.1) is 0 Å². The van der Waals surface area contributed by atoms with Crippen LogP contribution in [0.25, 0.3) is 11.3 Å². The average Bonchev–Trinajstić information content (AvgIpc) is 2.77. The van der Waals surface area contributed by atoms with Crippen LogP contribution in [0.2, 0.25) is 0 Å². The largest absolute Gasteiger partial charge is 0.434 e. The summed E-state index contributed by atoms with van der Waals surface area (Å²) < 4.78 is 5.05. The third-order valence-corrected chi connectivity index (χ3v) is 1.97. The Morgan fingerprint density at radius 2 is 2.25 bits per heavy atom. The zero-order chi connectivity index (χ0) is 11.5. The van der Waals surface area contributed by atoms with Crippen LogP contribution in [-0.2, 0) is 0 Å². The number of nitrogens with zero attached hydrogens (tertiary/aromatic N) is 2. The minimum Gasteiger partial charge on any atom is -0.434 e. The normalized spacial score (nSPS) is 10.0. The second-order valence-corrected chi connectivity index (χ2v) is 2.99. The molecule has 0 aliphatic rings. The summed E-state index contributed by atoms with van der Waals surface area (Å²) in [7, 11) is 0. The molecule has 0 amide bonds. The fourth-order valence-corrected chi connectivity index (χ4v) is 1.25. The van der Waals surface area contributed by atoms with Gasteiger partial charge in [-0.3, -0.25) is 14.9 Å². The van der Waals surface area contributed by atoms with E-state index in [9.17, 15) is 14.9 Å². The predicted molar refractivity (Wildman–Crippen MR) is 54.0 cm³/mol. The number of aromatic nitrogens is 1. The Morgan fingerprint density at radius 3 is 2.88 bits per heavy atom. The molecule has 0 radical (unpaired) electrons. The van der Waals surface area contributed by atoms with Crippen LogP contribution in [0.5, 0.6) is 0 Å². The molecule has 0 saturated heterocycles. The fourth-order valence-electron chi connectivity index (χ4n) is 1.25. The Labute approximate surface area is 89.7 Å². The first-order valence-electron chi connectivity index (χ1n) is 4.36. The molecule has 0 unspecified atom stereocenters. The molecular formula is C10H6N2O4. The average molecular weight is 218 g/mol. The summed E-state index contributed by atoms with van der Waals surface area (Å²) in [5.41, 5.74) is 0.469. The number of carbonyl (C=O) groups is 1. The van der Waals surface area contributed by atoms with E-state index in [0.29, 0.717) is 17.6 Å². The first-order valence-corrected chi connectivity index (χ1v) is 4.36. The SMILES string of the molecule is O=Cc1ncc(-c2cccc([N+](=O)[O-])c2)o1. The van der Waals surface area contributed by atoms with Crippen LogP contribution >= 0.6 is 0 Å². The van der Waals surface area contributed by atoms with E-state index in [-0.39, 0.29) is 11.6 Å². The quantitative estimate of drug-likeness (QED) is 0.447. The van der Waals surface area contributed by atoms with Crippen LogP contribution in [0.1, 0.15) is 10.7 Å². The number of aldehydes is 1. The molecule has 0 bridgehead atoms. The maximum atomic E-state index is 10.5. The number of carbonyl (C=O) groups excluding carboxylic acids is 1. The molecule has 2 rings (SSSR count). The molecule has 2 aromatic rings. The van der Waals surface area contributed by atoms with Gasteiger partial charge in [-0.1, -0.05) is 12.1 Å². The number of non-ortho nitro benzene ring substituents is 1. The van der Waals surface area contributed by atoms with Crippen molar-refractivity contribution in [2.45, 2.75) is 0 Å². The van der Waals surface area contributed by atoms with Gasteiger partial charge in [-0.25, -0.2) is 4.98 Å². The van der Waals surface area contributed by atoms with Gasteiger partial charge in [0.1, 0.15) is 0 Å². The van der Waals surface area contributed by atoms with Crippen molar-refractivity contribution >= 4 is 12.0 Å². The van der Waals surface area contributed by atoms with Gasteiger partial charge in [0.05, 0.1) is 11.1 Å². The van der Waals surface area contributed by atoms with Gasteiger partial charge in [0.2, 0.25) is 6.29 Å². The first kappa shape index (κ1) is 10.0. The van der Waals surface area contributed by atoms with Crippen LogP contribution in [0.4, 0.5) is 5.69 Å². The van der Waals surface area contributed by atoms with Crippen molar-refractivity contribution in [3.63, 3.8) is 0 Å². The third-order valence-electron chi connectivity index (χ3n) is 1.97. The molecule has 0 fully saturated rings. The highest BCUT2D eigenvalue weighted by Gasteiger charge is 2.10. The van der Waals surface area contributed by atoms with Crippen LogP contribution < -0.4 is 0 Å². The highest BCUT2D eigenvalue weighted by atomic mass is 16.6. The lowest BCUT2D eigenvalue weighted by Crippen LogP contribution is -1.87. The second-order valence-electron chi connectivity index (χ2n) is 2.99.